The lowest BCUT2D eigenvalue weighted by Crippen LogP contribution is -2.30. The highest BCUT2D eigenvalue weighted by atomic mass is 35.5. The second kappa shape index (κ2) is 6.44. The summed E-state index contributed by atoms with van der Waals surface area (Å²) in [6, 6.07) is 5.66. The van der Waals surface area contributed by atoms with Crippen molar-refractivity contribution in [2.45, 2.75) is 51.0 Å². The summed E-state index contributed by atoms with van der Waals surface area (Å²) in [5.41, 5.74) is 0.784. The molecule has 1 aromatic carbocycles. The summed E-state index contributed by atoms with van der Waals surface area (Å²) in [5, 5.41) is 4.27. The number of nitrogens with one attached hydrogen (secondary N) is 1. The summed E-state index contributed by atoms with van der Waals surface area (Å²) in [4.78, 5) is 0. The zero-order valence-electron chi connectivity index (χ0n) is 11.9. The Morgan fingerprint density at radius 1 is 1.20 bits per heavy atom. The molecule has 0 aromatic heterocycles. The highest BCUT2D eigenvalue weighted by molar-refractivity contribution is 6.30. The number of benzene rings is 1. The Kier molecular flexibility index (Phi) is 4.62. The van der Waals surface area contributed by atoms with Crippen molar-refractivity contribution >= 4 is 11.6 Å². The van der Waals surface area contributed by atoms with Gasteiger partial charge in [-0.1, -0.05) is 37.3 Å². The first-order valence-electron chi connectivity index (χ1n) is 7.89. The van der Waals surface area contributed by atoms with Crippen molar-refractivity contribution in [3.05, 3.63) is 34.6 Å². The van der Waals surface area contributed by atoms with E-state index in [9.17, 15) is 4.39 Å². The van der Waals surface area contributed by atoms with Gasteiger partial charge in [0.15, 0.2) is 0 Å². The molecule has 0 spiro atoms. The van der Waals surface area contributed by atoms with Crippen LogP contribution in [-0.4, -0.2) is 12.6 Å². The van der Waals surface area contributed by atoms with Crippen molar-refractivity contribution in [1.82, 2.24) is 5.32 Å². The summed E-state index contributed by atoms with van der Waals surface area (Å²) in [6.07, 6.45) is 8.71. The molecule has 2 aliphatic rings. The molecule has 2 aliphatic carbocycles. The van der Waals surface area contributed by atoms with Crippen molar-refractivity contribution in [3.8, 4) is 0 Å². The van der Waals surface area contributed by atoms with Crippen LogP contribution < -0.4 is 5.32 Å². The first kappa shape index (κ1) is 14.3. The van der Waals surface area contributed by atoms with Gasteiger partial charge in [0.05, 0.1) is 0 Å². The van der Waals surface area contributed by atoms with Gasteiger partial charge in [-0.3, -0.25) is 0 Å². The maximum Gasteiger partial charge on any atom is 0.126 e. The lowest BCUT2D eigenvalue weighted by atomic mass is 9.85. The smallest absolute Gasteiger partial charge is 0.126 e. The van der Waals surface area contributed by atoms with E-state index in [1.54, 1.807) is 12.1 Å². The molecule has 20 heavy (non-hydrogen) atoms. The maximum absolute atomic E-state index is 13.9. The van der Waals surface area contributed by atoms with Gasteiger partial charge in [0.1, 0.15) is 5.82 Å². The van der Waals surface area contributed by atoms with Gasteiger partial charge in [0, 0.05) is 11.1 Å². The Balaban J connectivity index is 1.68. The molecule has 1 unspecified atom stereocenters. The van der Waals surface area contributed by atoms with Crippen molar-refractivity contribution in [1.29, 1.82) is 0 Å². The van der Waals surface area contributed by atoms with E-state index in [2.05, 4.69) is 5.32 Å². The molecule has 0 amide bonds. The Morgan fingerprint density at radius 3 is 2.65 bits per heavy atom. The molecular weight excluding hydrogens is 273 g/mol. The summed E-state index contributed by atoms with van der Waals surface area (Å²) in [7, 11) is 0. The predicted molar refractivity (Wildman–Crippen MR) is 81.6 cm³/mol. The molecule has 3 rings (SSSR count). The van der Waals surface area contributed by atoms with Gasteiger partial charge < -0.3 is 5.32 Å². The van der Waals surface area contributed by atoms with Crippen LogP contribution in [0.4, 0.5) is 4.39 Å². The zero-order valence-corrected chi connectivity index (χ0v) is 12.6. The van der Waals surface area contributed by atoms with Crippen LogP contribution in [0.15, 0.2) is 18.2 Å². The third-order valence-electron chi connectivity index (χ3n) is 4.80. The molecule has 0 radical (unpaired) electrons. The highest BCUT2D eigenvalue weighted by Gasteiger charge is 2.28. The molecule has 0 aliphatic heterocycles. The average molecular weight is 296 g/mol. The molecule has 2 fully saturated rings. The third-order valence-corrected chi connectivity index (χ3v) is 5.04. The van der Waals surface area contributed by atoms with E-state index in [4.69, 9.17) is 11.6 Å². The van der Waals surface area contributed by atoms with Gasteiger partial charge in [0.2, 0.25) is 0 Å². The minimum Gasteiger partial charge on any atom is -0.314 e. The average Bonchev–Trinajstić information content (AvgIpc) is 3.10. The van der Waals surface area contributed by atoms with E-state index >= 15 is 0 Å². The molecule has 3 heteroatoms. The molecule has 1 aromatic rings. The molecule has 2 saturated carbocycles. The second-order valence-corrected chi connectivity index (χ2v) is 6.86. The molecule has 0 saturated heterocycles. The molecular formula is C17H23ClFN. The van der Waals surface area contributed by atoms with Gasteiger partial charge in [-0.25, -0.2) is 4.39 Å². The van der Waals surface area contributed by atoms with Crippen LogP contribution in [0.3, 0.4) is 0 Å². The Bertz CT molecular complexity index is 452. The minimum atomic E-state index is -0.108. The number of halogens is 2. The zero-order chi connectivity index (χ0) is 13.9. The molecule has 0 heterocycles. The van der Waals surface area contributed by atoms with Crippen LogP contribution in [0, 0.1) is 17.7 Å². The number of rotatable bonds is 6. The fourth-order valence-electron chi connectivity index (χ4n) is 3.42. The van der Waals surface area contributed by atoms with Gasteiger partial charge in [-0.15, -0.1) is 0 Å². The molecule has 0 bridgehead atoms. The van der Waals surface area contributed by atoms with Crippen molar-refractivity contribution in [2.75, 3.05) is 6.54 Å². The van der Waals surface area contributed by atoms with Gasteiger partial charge in [0.25, 0.3) is 0 Å². The summed E-state index contributed by atoms with van der Waals surface area (Å²) >= 11 is 6.02. The minimum absolute atomic E-state index is 0.108. The van der Waals surface area contributed by atoms with Gasteiger partial charge in [-0.05, 0) is 61.4 Å². The van der Waals surface area contributed by atoms with E-state index in [-0.39, 0.29) is 5.82 Å². The summed E-state index contributed by atoms with van der Waals surface area (Å²) in [6.45, 7) is 1.03. The van der Waals surface area contributed by atoms with Gasteiger partial charge >= 0.3 is 0 Å². The van der Waals surface area contributed by atoms with Crippen LogP contribution >= 0.6 is 11.6 Å². The lowest BCUT2D eigenvalue weighted by molar-refractivity contribution is 0.317. The maximum atomic E-state index is 13.9. The monoisotopic (exact) mass is 295 g/mol. The normalized spacial score (nSPS) is 21.3. The number of hydrogen-bond donors (Lipinski definition) is 1. The van der Waals surface area contributed by atoms with E-state index in [1.165, 1.54) is 44.6 Å². The molecule has 1 nitrogen and oxygen atoms in total. The van der Waals surface area contributed by atoms with Crippen molar-refractivity contribution in [3.63, 3.8) is 0 Å². The molecule has 110 valence electrons. The standard InChI is InChI=1S/C17H23ClFN/c18-15-5-8-17(19)13(10-15)9-14(11-20-16-6-7-16)12-3-1-2-4-12/h5,8,10,12,14,16,20H,1-4,6-7,9,11H2. The third kappa shape index (κ3) is 3.73. The summed E-state index contributed by atoms with van der Waals surface area (Å²) in [5.74, 6) is 1.19. The van der Waals surface area contributed by atoms with Crippen LogP contribution in [0.2, 0.25) is 5.02 Å². The quantitative estimate of drug-likeness (QED) is 0.810. The van der Waals surface area contributed by atoms with Crippen LogP contribution in [0.25, 0.3) is 0 Å². The topological polar surface area (TPSA) is 12.0 Å². The molecule has 1 atom stereocenters. The van der Waals surface area contributed by atoms with Crippen molar-refractivity contribution < 1.29 is 4.39 Å². The fraction of sp³-hybridized carbons (Fsp3) is 0.647. The second-order valence-electron chi connectivity index (χ2n) is 6.43. The Labute approximate surface area is 125 Å². The SMILES string of the molecule is Fc1ccc(Cl)cc1CC(CNC1CC1)C1CCCC1. The number of hydrogen-bond acceptors (Lipinski definition) is 1. The first-order valence-corrected chi connectivity index (χ1v) is 8.27. The predicted octanol–water partition coefficient (Wildman–Crippen LogP) is 4.58. The first-order chi connectivity index (χ1) is 9.72. The lowest BCUT2D eigenvalue weighted by Gasteiger charge is -2.24. The van der Waals surface area contributed by atoms with Crippen LogP contribution in [-0.2, 0) is 6.42 Å². The Morgan fingerprint density at radius 2 is 1.95 bits per heavy atom. The van der Waals surface area contributed by atoms with E-state index in [0.29, 0.717) is 10.9 Å². The largest absolute Gasteiger partial charge is 0.314 e. The van der Waals surface area contributed by atoms with Crippen LogP contribution in [0.5, 0.6) is 0 Å². The van der Waals surface area contributed by atoms with E-state index in [0.717, 1.165) is 30.5 Å². The fourth-order valence-corrected chi connectivity index (χ4v) is 3.62. The van der Waals surface area contributed by atoms with Crippen molar-refractivity contribution in [2.24, 2.45) is 11.8 Å². The Hall–Kier alpha value is -0.600. The summed E-state index contributed by atoms with van der Waals surface area (Å²) < 4.78 is 13.9. The molecule has 1 N–H and O–H groups in total. The van der Waals surface area contributed by atoms with E-state index < -0.39 is 0 Å². The van der Waals surface area contributed by atoms with E-state index in [1.807, 2.05) is 0 Å². The highest BCUT2D eigenvalue weighted by Crippen LogP contribution is 2.34. The van der Waals surface area contributed by atoms with Crippen LogP contribution in [0.1, 0.15) is 44.1 Å². The van der Waals surface area contributed by atoms with Gasteiger partial charge in [-0.2, -0.15) is 0 Å².